The van der Waals surface area contributed by atoms with Crippen molar-refractivity contribution in [1.82, 2.24) is 10.6 Å². The summed E-state index contributed by atoms with van der Waals surface area (Å²) in [7, 11) is 1.65. The summed E-state index contributed by atoms with van der Waals surface area (Å²) >= 11 is 1.66. The Morgan fingerprint density at radius 2 is 2.31 bits per heavy atom. The van der Waals surface area contributed by atoms with E-state index < -0.39 is 0 Å². The van der Waals surface area contributed by atoms with Crippen LogP contribution >= 0.6 is 11.3 Å². The summed E-state index contributed by atoms with van der Waals surface area (Å²) in [6.07, 6.45) is 0.835. The molecule has 1 aromatic rings. The molecular formula is C11H18N2O2S. The van der Waals surface area contributed by atoms with Crippen LogP contribution in [-0.4, -0.2) is 26.3 Å². The molecule has 1 rings (SSSR count). The van der Waals surface area contributed by atoms with E-state index in [0.717, 1.165) is 6.42 Å². The molecule has 0 fully saturated rings. The van der Waals surface area contributed by atoms with E-state index in [2.05, 4.69) is 16.7 Å². The molecule has 0 aromatic carbocycles. The van der Waals surface area contributed by atoms with Crippen LogP contribution in [0.4, 0.5) is 4.79 Å². The predicted molar refractivity (Wildman–Crippen MR) is 65.8 cm³/mol. The lowest BCUT2D eigenvalue weighted by molar-refractivity contribution is 0.193. The lowest BCUT2D eigenvalue weighted by atomic mass is 10.3. The van der Waals surface area contributed by atoms with Gasteiger partial charge in [-0.2, -0.15) is 0 Å². The number of aryl methyl sites for hydroxylation is 1. The van der Waals surface area contributed by atoms with E-state index >= 15 is 0 Å². The van der Waals surface area contributed by atoms with Gasteiger partial charge in [0.25, 0.3) is 0 Å². The van der Waals surface area contributed by atoms with Crippen LogP contribution in [0.25, 0.3) is 0 Å². The molecule has 2 N–H and O–H groups in total. The Hall–Kier alpha value is -1.07. The highest BCUT2D eigenvalue weighted by Gasteiger charge is 2.02. The lowest BCUT2D eigenvalue weighted by Crippen LogP contribution is -2.35. The van der Waals surface area contributed by atoms with Gasteiger partial charge in [-0.3, -0.25) is 0 Å². The molecule has 2 amide bonds. The van der Waals surface area contributed by atoms with Crippen molar-refractivity contribution in [3.8, 4) is 0 Å². The Labute approximate surface area is 100 Å². The van der Waals surface area contributed by atoms with E-state index in [9.17, 15) is 4.79 Å². The van der Waals surface area contributed by atoms with Gasteiger partial charge in [0, 0.05) is 25.1 Å². The molecule has 5 heteroatoms. The highest BCUT2D eigenvalue weighted by Crippen LogP contribution is 2.14. The van der Waals surface area contributed by atoms with Crippen LogP contribution in [0.1, 0.15) is 16.9 Å². The summed E-state index contributed by atoms with van der Waals surface area (Å²) in [5.41, 5.74) is 1.23. The number of hydrogen-bond acceptors (Lipinski definition) is 3. The molecule has 0 saturated heterocycles. The summed E-state index contributed by atoms with van der Waals surface area (Å²) < 4.78 is 4.89. The van der Waals surface area contributed by atoms with Crippen LogP contribution in [0.3, 0.4) is 0 Å². The molecule has 1 aromatic heterocycles. The van der Waals surface area contributed by atoms with Gasteiger partial charge >= 0.3 is 6.03 Å². The molecule has 0 aliphatic rings. The minimum atomic E-state index is -0.121. The average Bonchev–Trinajstić information content (AvgIpc) is 2.67. The first-order valence-corrected chi connectivity index (χ1v) is 6.15. The number of hydrogen-bond donors (Lipinski definition) is 2. The predicted octanol–water partition coefficient (Wildman–Crippen LogP) is 1.89. The summed E-state index contributed by atoms with van der Waals surface area (Å²) in [6, 6.07) is 1.93. The van der Waals surface area contributed by atoms with Crippen LogP contribution < -0.4 is 10.6 Å². The summed E-state index contributed by atoms with van der Waals surface area (Å²) in [4.78, 5) is 12.6. The molecule has 0 aliphatic heterocycles. The van der Waals surface area contributed by atoms with Crippen molar-refractivity contribution < 1.29 is 9.53 Å². The third kappa shape index (κ3) is 4.63. The Morgan fingerprint density at radius 3 is 2.94 bits per heavy atom. The summed E-state index contributed by atoms with van der Waals surface area (Å²) in [5, 5.41) is 7.63. The highest BCUT2D eigenvalue weighted by molar-refractivity contribution is 7.10. The fraction of sp³-hybridized carbons (Fsp3) is 0.545. The smallest absolute Gasteiger partial charge is 0.315 e. The number of thiophene rings is 1. The minimum Gasteiger partial charge on any atom is -0.385 e. The number of methoxy groups -OCH3 is 1. The maximum Gasteiger partial charge on any atom is 0.315 e. The van der Waals surface area contributed by atoms with Gasteiger partial charge in [-0.25, -0.2) is 4.79 Å². The molecule has 4 nitrogen and oxygen atoms in total. The second-order valence-electron chi connectivity index (χ2n) is 3.48. The van der Waals surface area contributed by atoms with Gasteiger partial charge in [0.15, 0.2) is 0 Å². The van der Waals surface area contributed by atoms with Crippen molar-refractivity contribution in [1.29, 1.82) is 0 Å². The molecule has 1 heterocycles. The zero-order chi connectivity index (χ0) is 11.8. The Kier molecular flexibility index (Phi) is 5.88. The van der Waals surface area contributed by atoms with E-state index in [1.165, 1.54) is 10.4 Å². The normalized spacial score (nSPS) is 10.1. The molecule has 90 valence electrons. The van der Waals surface area contributed by atoms with E-state index in [-0.39, 0.29) is 6.03 Å². The van der Waals surface area contributed by atoms with Crippen molar-refractivity contribution in [2.24, 2.45) is 0 Å². The van der Waals surface area contributed by atoms with Crippen LogP contribution in [-0.2, 0) is 11.3 Å². The van der Waals surface area contributed by atoms with Gasteiger partial charge in [0.2, 0.25) is 0 Å². The van der Waals surface area contributed by atoms with Gasteiger partial charge in [0.05, 0.1) is 6.54 Å². The monoisotopic (exact) mass is 242 g/mol. The number of urea groups is 1. The largest absolute Gasteiger partial charge is 0.385 e. The van der Waals surface area contributed by atoms with Gasteiger partial charge in [0.1, 0.15) is 0 Å². The number of carbonyl (C=O) groups excluding carboxylic acids is 1. The van der Waals surface area contributed by atoms with E-state index in [1.54, 1.807) is 18.4 Å². The Morgan fingerprint density at radius 1 is 1.50 bits per heavy atom. The fourth-order valence-corrected chi connectivity index (χ4v) is 2.07. The van der Waals surface area contributed by atoms with Crippen molar-refractivity contribution in [2.45, 2.75) is 19.9 Å². The second kappa shape index (κ2) is 7.24. The summed E-state index contributed by atoms with van der Waals surface area (Å²) in [6.45, 7) is 3.96. The molecule has 0 bridgehead atoms. The number of carbonyl (C=O) groups is 1. The summed E-state index contributed by atoms with van der Waals surface area (Å²) in [5.74, 6) is 0. The number of nitrogens with one attached hydrogen (secondary N) is 2. The third-order valence-corrected chi connectivity index (χ3v) is 3.21. The van der Waals surface area contributed by atoms with E-state index in [0.29, 0.717) is 19.7 Å². The van der Waals surface area contributed by atoms with Gasteiger partial charge in [-0.05, 0) is 30.4 Å². The maximum atomic E-state index is 11.4. The number of rotatable bonds is 6. The zero-order valence-electron chi connectivity index (χ0n) is 9.71. The molecular weight excluding hydrogens is 224 g/mol. The zero-order valence-corrected chi connectivity index (χ0v) is 10.5. The first-order valence-electron chi connectivity index (χ1n) is 5.27. The topological polar surface area (TPSA) is 50.4 Å². The van der Waals surface area contributed by atoms with Crippen molar-refractivity contribution in [3.05, 3.63) is 21.9 Å². The van der Waals surface area contributed by atoms with Gasteiger partial charge < -0.3 is 15.4 Å². The lowest BCUT2D eigenvalue weighted by Gasteiger charge is -2.06. The second-order valence-corrected chi connectivity index (χ2v) is 4.48. The Balaban J connectivity index is 2.13. The number of amides is 2. The SMILES string of the molecule is COCCCNC(=O)NCc1sccc1C. The molecule has 0 spiro atoms. The molecule has 0 aliphatic carbocycles. The van der Waals surface area contributed by atoms with Gasteiger partial charge in [-0.1, -0.05) is 0 Å². The van der Waals surface area contributed by atoms with Crippen LogP contribution in [0.2, 0.25) is 0 Å². The highest BCUT2D eigenvalue weighted by atomic mass is 32.1. The van der Waals surface area contributed by atoms with Crippen molar-refractivity contribution in [3.63, 3.8) is 0 Å². The standard InChI is InChI=1S/C11H18N2O2S/c1-9-4-7-16-10(9)8-13-11(14)12-5-3-6-15-2/h4,7H,3,5-6,8H2,1-2H3,(H2,12,13,14). The van der Waals surface area contributed by atoms with E-state index in [4.69, 9.17) is 4.74 Å². The molecule has 0 saturated carbocycles. The molecule has 16 heavy (non-hydrogen) atoms. The average molecular weight is 242 g/mol. The van der Waals surface area contributed by atoms with Crippen LogP contribution in [0.5, 0.6) is 0 Å². The third-order valence-electron chi connectivity index (χ3n) is 2.19. The molecule has 0 radical (unpaired) electrons. The number of ether oxygens (including phenoxy) is 1. The fourth-order valence-electron chi connectivity index (χ4n) is 1.23. The first kappa shape index (κ1) is 13.0. The maximum absolute atomic E-state index is 11.4. The van der Waals surface area contributed by atoms with Crippen LogP contribution in [0.15, 0.2) is 11.4 Å². The van der Waals surface area contributed by atoms with Crippen LogP contribution in [0, 0.1) is 6.92 Å². The van der Waals surface area contributed by atoms with Crippen molar-refractivity contribution in [2.75, 3.05) is 20.3 Å². The van der Waals surface area contributed by atoms with Gasteiger partial charge in [-0.15, -0.1) is 11.3 Å². The first-order chi connectivity index (χ1) is 7.74. The Bertz CT molecular complexity index is 326. The quantitative estimate of drug-likeness (QED) is 0.748. The molecule has 0 unspecified atom stereocenters. The van der Waals surface area contributed by atoms with Crippen molar-refractivity contribution >= 4 is 17.4 Å². The minimum absolute atomic E-state index is 0.121. The molecule has 0 atom stereocenters. The van der Waals surface area contributed by atoms with E-state index in [1.807, 2.05) is 12.3 Å².